The van der Waals surface area contributed by atoms with Gasteiger partial charge in [-0.25, -0.2) is 0 Å². The zero-order valence-electron chi connectivity index (χ0n) is 17.3. The van der Waals surface area contributed by atoms with Crippen molar-refractivity contribution in [1.82, 2.24) is 4.98 Å². The number of thioether (sulfide) groups is 1. The predicted molar refractivity (Wildman–Crippen MR) is 111 cm³/mol. The number of H-pyrrole nitrogens is 1. The van der Waals surface area contributed by atoms with Crippen molar-refractivity contribution in [3.8, 4) is 0 Å². The number of ether oxygens (including phenoxy) is 1. The quantitative estimate of drug-likeness (QED) is 0.392. The molecule has 150 valence electrons. The van der Waals surface area contributed by atoms with E-state index in [2.05, 4.69) is 31.0 Å². The fraction of sp³-hybridized carbons (Fsp3) is 0.409. The van der Waals surface area contributed by atoms with Gasteiger partial charge in [0.15, 0.2) is 11.9 Å². The van der Waals surface area contributed by atoms with Gasteiger partial charge in [0.2, 0.25) is 5.78 Å². The summed E-state index contributed by atoms with van der Waals surface area (Å²) in [6.07, 6.45) is -0.688. The first-order valence-electron chi connectivity index (χ1n) is 9.25. The van der Waals surface area contributed by atoms with Crippen LogP contribution in [0.2, 0.25) is 0 Å². The molecule has 0 aliphatic rings. The largest absolute Gasteiger partial charge is 0.454 e. The fourth-order valence-corrected chi connectivity index (χ4v) is 4.02. The Morgan fingerprint density at radius 2 is 1.79 bits per heavy atom. The second-order valence-electron chi connectivity index (χ2n) is 7.02. The van der Waals surface area contributed by atoms with E-state index in [0.29, 0.717) is 28.3 Å². The first kappa shape index (κ1) is 22.0. The number of aromatic amines is 1. The van der Waals surface area contributed by atoms with E-state index in [1.807, 2.05) is 6.07 Å². The zero-order valence-corrected chi connectivity index (χ0v) is 18.1. The molecule has 2 aromatic rings. The van der Waals surface area contributed by atoms with E-state index in [4.69, 9.17) is 4.74 Å². The van der Waals surface area contributed by atoms with Crippen LogP contribution >= 0.6 is 11.8 Å². The number of aryl methyl sites for hydroxylation is 3. The number of Topliss-reactive ketones (excluding diaryl/α,β-unsaturated/α-hetero) is 2. The van der Waals surface area contributed by atoms with Gasteiger partial charge in [-0.3, -0.25) is 14.4 Å². The van der Waals surface area contributed by atoms with Crippen molar-refractivity contribution in [3.63, 3.8) is 0 Å². The summed E-state index contributed by atoms with van der Waals surface area (Å²) in [5, 5.41) is 0. The number of hydrogen-bond acceptors (Lipinski definition) is 5. The molecule has 1 aromatic heterocycles. The monoisotopic (exact) mass is 401 g/mol. The molecule has 0 radical (unpaired) electrons. The molecule has 1 atom stereocenters. The number of carbonyl (C=O) groups excluding carboxylic acids is 3. The molecule has 0 saturated carbocycles. The summed E-state index contributed by atoms with van der Waals surface area (Å²) >= 11 is 1.59. The van der Waals surface area contributed by atoms with Gasteiger partial charge in [0.05, 0.1) is 12.1 Å². The summed E-state index contributed by atoms with van der Waals surface area (Å²) in [6.45, 7) is 10.6. The zero-order chi connectivity index (χ0) is 21.0. The Kier molecular flexibility index (Phi) is 7.24. The molecule has 5 nitrogen and oxygen atoms in total. The van der Waals surface area contributed by atoms with E-state index in [1.54, 1.807) is 32.5 Å². The van der Waals surface area contributed by atoms with Crippen LogP contribution in [0.1, 0.15) is 63.5 Å². The van der Waals surface area contributed by atoms with Crippen molar-refractivity contribution in [2.24, 2.45) is 0 Å². The van der Waals surface area contributed by atoms with Gasteiger partial charge in [-0.1, -0.05) is 6.07 Å². The van der Waals surface area contributed by atoms with Gasteiger partial charge in [0.1, 0.15) is 0 Å². The molecule has 1 heterocycles. The van der Waals surface area contributed by atoms with Crippen LogP contribution in [0.15, 0.2) is 23.1 Å². The molecule has 0 fully saturated rings. The molecule has 0 bridgehead atoms. The van der Waals surface area contributed by atoms with Gasteiger partial charge in [-0.2, -0.15) is 0 Å². The summed E-state index contributed by atoms with van der Waals surface area (Å²) in [6, 6.07) is 6.20. The van der Waals surface area contributed by atoms with E-state index in [-0.39, 0.29) is 18.0 Å². The lowest BCUT2D eigenvalue weighted by atomic mass is 10.0. The number of aromatic nitrogens is 1. The Morgan fingerprint density at radius 3 is 2.36 bits per heavy atom. The van der Waals surface area contributed by atoms with Crippen molar-refractivity contribution < 1.29 is 19.1 Å². The van der Waals surface area contributed by atoms with Crippen molar-refractivity contribution >= 4 is 29.3 Å². The molecule has 1 aromatic carbocycles. The number of nitrogens with one attached hydrogen (secondary N) is 1. The number of rotatable bonds is 8. The first-order chi connectivity index (χ1) is 13.1. The Balaban J connectivity index is 1.91. The normalized spacial score (nSPS) is 11.9. The smallest absolute Gasteiger partial charge is 0.307 e. The lowest BCUT2D eigenvalue weighted by Gasteiger charge is -2.12. The molecule has 0 aliphatic carbocycles. The first-order valence-corrected chi connectivity index (χ1v) is 10.2. The average molecular weight is 402 g/mol. The molecule has 2 rings (SSSR count). The third kappa shape index (κ3) is 5.13. The van der Waals surface area contributed by atoms with Gasteiger partial charge in [0, 0.05) is 21.9 Å². The summed E-state index contributed by atoms with van der Waals surface area (Å²) in [7, 11) is 0. The number of hydrogen-bond donors (Lipinski definition) is 1. The predicted octanol–water partition coefficient (Wildman–Crippen LogP) is 4.75. The minimum atomic E-state index is -0.907. The Hall–Kier alpha value is -2.34. The third-order valence-corrected chi connectivity index (χ3v) is 5.76. The maximum Gasteiger partial charge on any atom is 0.307 e. The number of ketones is 2. The Labute approximate surface area is 170 Å². The van der Waals surface area contributed by atoms with Crippen LogP contribution in [0.25, 0.3) is 0 Å². The van der Waals surface area contributed by atoms with Gasteiger partial charge >= 0.3 is 5.97 Å². The minimum absolute atomic E-state index is 0.0988. The summed E-state index contributed by atoms with van der Waals surface area (Å²) in [5.74, 6) is -0.260. The van der Waals surface area contributed by atoms with Crippen LogP contribution in [0.3, 0.4) is 0 Å². The Morgan fingerprint density at radius 1 is 1.11 bits per heavy atom. The second kappa shape index (κ2) is 9.24. The summed E-state index contributed by atoms with van der Waals surface area (Å²) in [4.78, 5) is 40.5. The van der Waals surface area contributed by atoms with Crippen LogP contribution in [0.5, 0.6) is 0 Å². The highest BCUT2D eigenvalue weighted by molar-refractivity contribution is 7.99. The van der Waals surface area contributed by atoms with Gasteiger partial charge in [-0.05, 0) is 70.4 Å². The molecule has 0 amide bonds. The van der Waals surface area contributed by atoms with Crippen molar-refractivity contribution in [2.75, 3.05) is 5.75 Å². The number of esters is 1. The SMILES string of the molecule is CC(=O)c1c(C)[nH]c(C(=O)C(C)OC(=O)CCSc2ccc(C)c(C)c2)c1C. The standard InChI is InChI=1S/C22H27NO4S/c1-12-7-8-18(11-13(12)2)28-10-9-19(25)27-17(6)22(26)21-14(3)20(16(5)24)15(4)23-21/h7-8,11,17,23H,9-10H2,1-6H3. The van der Waals surface area contributed by atoms with Crippen LogP contribution in [-0.4, -0.2) is 34.4 Å². The molecule has 0 saturated heterocycles. The molecule has 1 unspecified atom stereocenters. The molecule has 0 aliphatic heterocycles. The van der Waals surface area contributed by atoms with Gasteiger partial charge in [-0.15, -0.1) is 11.8 Å². The minimum Gasteiger partial charge on any atom is -0.454 e. The highest BCUT2D eigenvalue weighted by atomic mass is 32.2. The third-order valence-electron chi connectivity index (χ3n) is 4.77. The van der Waals surface area contributed by atoms with Crippen LogP contribution in [-0.2, 0) is 9.53 Å². The van der Waals surface area contributed by atoms with Crippen molar-refractivity contribution in [2.45, 2.75) is 59.0 Å². The van der Waals surface area contributed by atoms with E-state index in [1.165, 1.54) is 18.1 Å². The van der Waals surface area contributed by atoms with E-state index < -0.39 is 12.1 Å². The molecule has 0 spiro atoms. The highest BCUT2D eigenvalue weighted by Gasteiger charge is 2.25. The van der Waals surface area contributed by atoms with Crippen LogP contribution in [0, 0.1) is 27.7 Å². The van der Waals surface area contributed by atoms with Gasteiger partial charge in [0.25, 0.3) is 0 Å². The molecule has 28 heavy (non-hydrogen) atoms. The fourth-order valence-electron chi connectivity index (χ4n) is 3.09. The maximum absolute atomic E-state index is 12.6. The Bertz CT molecular complexity index is 914. The van der Waals surface area contributed by atoms with E-state index in [0.717, 1.165) is 4.90 Å². The van der Waals surface area contributed by atoms with Crippen molar-refractivity contribution in [1.29, 1.82) is 0 Å². The number of carbonyl (C=O) groups is 3. The van der Waals surface area contributed by atoms with Crippen molar-refractivity contribution in [3.05, 3.63) is 51.8 Å². The van der Waals surface area contributed by atoms with E-state index >= 15 is 0 Å². The topological polar surface area (TPSA) is 76.2 Å². The van der Waals surface area contributed by atoms with Crippen LogP contribution < -0.4 is 0 Å². The summed E-state index contributed by atoms with van der Waals surface area (Å²) < 4.78 is 5.31. The van der Waals surface area contributed by atoms with E-state index in [9.17, 15) is 14.4 Å². The molecule has 6 heteroatoms. The molecule has 1 N–H and O–H groups in total. The highest BCUT2D eigenvalue weighted by Crippen LogP contribution is 2.23. The second-order valence-corrected chi connectivity index (χ2v) is 8.19. The van der Waals surface area contributed by atoms with Crippen LogP contribution in [0.4, 0.5) is 0 Å². The maximum atomic E-state index is 12.6. The average Bonchev–Trinajstić information content (AvgIpc) is 2.91. The summed E-state index contributed by atoms with van der Waals surface area (Å²) in [5.41, 5.74) is 4.55. The number of benzene rings is 1. The lowest BCUT2D eigenvalue weighted by Crippen LogP contribution is -2.25. The lowest BCUT2D eigenvalue weighted by molar-refractivity contribution is -0.145. The molecular weight excluding hydrogens is 374 g/mol. The van der Waals surface area contributed by atoms with Gasteiger partial charge < -0.3 is 9.72 Å². The molecular formula is C22H27NO4S.